The lowest BCUT2D eigenvalue weighted by Crippen LogP contribution is -2.52. The van der Waals surface area contributed by atoms with Crippen LogP contribution in [0, 0.1) is 0 Å². The number of hydrogen-bond donors (Lipinski definition) is 2. The highest BCUT2D eigenvalue weighted by Gasteiger charge is 2.27. The molecule has 3 rings (SSSR count). The molecule has 0 unspecified atom stereocenters. The molecular formula is C16H27N5. The van der Waals surface area contributed by atoms with Crippen LogP contribution in [0.5, 0.6) is 0 Å². The van der Waals surface area contributed by atoms with Gasteiger partial charge < -0.3 is 21.3 Å². The van der Waals surface area contributed by atoms with Crippen molar-refractivity contribution in [2.24, 2.45) is 0 Å². The smallest absolute Gasteiger partial charge is 0.0601 e. The maximum atomic E-state index is 6.11. The van der Waals surface area contributed by atoms with Crippen molar-refractivity contribution in [3.63, 3.8) is 0 Å². The summed E-state index contributed by atoms with van der Waals surface area (Å²) in [5, 5.41) is 0. The molecule has 21 heavy (non-hydrogen) atoms. The van der Waals surface area contributed by atoms with Crippen LogP contribution in [0.1, 0.15) is 12.8 Å². The second kappa shape index (κ2) is 6.12. The van der Waals surface area contributed by atoms with Crippen LogP contribution in [-0.2, 0) is 0 Å². The molecule has 1 aromatic carbocycles. The fraction of sp³-hybridized carbons (Fsp3) is 0.625. The number of benzene rings is 1. The predicted octanol–water partition coefficient (Wildman–Crippen LogP) is 1.07. The minimum Gasteiger partial charge on any atom is -0.399 e. The quantitative estimate of drug-likeness (QED) is 0.798. The Morgan fingerprint density at radius 3 is 2.24 bits per heavy atom. The number of nitrogens with zero attached hydrogens (tertiary/aromatic N) is 3. The maximum absolute atomic E-state index is 6.11. The monoisotopic (exact) mass is 289 g/mol. The molecule has 5 nitrogen and oxygen atoms in total. The number of nitrogen functional groups attached to an aromatic ring is 2. The van der Waals surface area contributed by atoms with Crippen LogP contribution < -0.4 is 16.4 Å². The lowest BCUT2D eigenvalue weighted by atomic mass is 10.0. The van der Waals surface area contributed by atoms with Gasteiger partial charge in [-0.3, -0.25) is 4.90 Å². The minimum absolute atomic E-state index is 0.739. The number of rotatable bonds is 2. The molecule has 1 aromatic rings. The summed E-state index contributed by atoms with van der Waals surface area (Å²) in [6.45, 7) is 7.00. The largest absolute Gasteiger partial charge is 0.399 e. The minimum atomic E-state index is 0.739. The van der Waals surface area contributed by atoms with Crippen LogP contribution in [0.4, 0.5) is 17.1 Å². The Balaban J connectivity index is 1.57. The van der Waals surface area contributed by atoms with Gasteiger partial charge in [0, 0.05) is 51.0 Å². The third kappa shape index (κ3) is 3.24. The van der Waals surface area contributed by atoms with E-state index in [2.05, 4.69) is 27.8 Å². The van der Waals surface area contributed by atoms with Gasteiger partial charge >= 0.3 is 0 Å². The molecule has 2 fully saturated rings. The van der Waals surface area contributed by atoms with Gasteiger partial charge in [-0.15, -0.1) is 0 Å². The molecule has 2 aliphatic rings. The fourth-order valence-electron chi connectivity index (χ4n) is 3.52. The number of likely N-dealkylation sites (N-methyl/N-ethyl adjacent to an activating group) is 1. The zero-order valence-electron chi connectivity index (χ0n) is 13.0. The van der Waals surface area contributed by atoms with Crippen molar-refractivity contribution in [2.45, 2.75) is 18.9 Å². The third-order valence-electron chi connectivity index (χ3n) is 4.91. The molecule has 116 valence electrons. The standard InChI is InChI=1S/C16H27N5/c1-19-8-10-20(11-9-19)14-4-6-21(7-5-14)16-3-2-13(17)12-15(16)18/h2-3,12,14H,4-11,17-18H2,1H3. The summed E-state index contributed by atoms with van der Waals surface area (Å²) < 4.78 is 0. The van der Waals surface area contributed by atoms with Crippen molar-refractivity contribution in [1.29, 1.82) is 0 Å². The molecule has 2 heterocycles. The van der Waals surface area contributed by atoms with E-state index in [1.165, 1.54) is 39.0 Å². The van der Waals surface area contributed by atoms with Gasteiger partial charge in [0.15, 0.2) is 0 Å². The SMILES string of the molecule is CN1CCN(C2CCN(c3ccc(N)cc3N)CC2)CC1. The topological polar surface area (TPSA) is 61.8 Å². The van der Waals surface area contributed by atoms with Crippen molar-refractivity contribution in [3.8, 4) is 0 Å². The van der Waals surface area contributed by atoms with Gasteiger partial charge in [0.2, 0.25) is 0 Å². The summed E-state index contributed by atoms with van der Waals surface area (Å²) in [7, 11) is 2.21. The first-order chi connectivity index (χ1) is 10.1. The first-order valence-electron chi connectivity index (χ1n) is 7.96. The van der Waals surface area contributed by atoms with Crippen LogP contribution in [0.2, 0.25) is 0 Å². The average molecular weight is 289 g/mol. The Kier molecular flexibility index (Phi) is 4.22. The summed E-state index contributed by atoms with van der Waals surface area (Å²) in [4.78, 5) is 7.49. The highest BCUT2D eigenvalue weighted by atomic mass is 15.3. The molecule has 0 atom stereocenters. The Morgan fingerprint density at radius 2 is 1.62 bits per heavy atom. The second-order valence-electron chi connectivity index (χ2n) is 6.38. The molecule has 0 saturated carbocycles. The Labute approximate surface area is 127 Å². The van der Waals surface area contributed by atoms with Crippen molar-refractivity contribution < 1.29 is 0 Å². The molecule has 0 amide bonds. The lowest BCUT2D eigenvalue weighted by molar-refractivity contribution is 0.0982. The van der Waals surface area contributed by atoms with E-state index in [1.807, 2.05) is 12.1 Å². The summed E-state index contributed by atoms with van der Waals surface area (Å²) in [5.41, 5.74) is 14.6. The second-order valence-corrected chi connectivity index (χ2v) is 6.38. The van der Waals surface area contributed by atoms with Crippen LogP contribution in [-0.4, -0.2) is 62.2 Å². The molecule has 2 saturated heterocycles. The van der Waals surface area contributed by atoms with Gasteiger partial charge in [-0.2, -0.15) is 0 Å². The van der Waals surface area contributed by atoms with Crippen LogP contribution in [0.25, 0.3) is 0 Å². The van der Waals surface area contributed by atoms with E-state index in [0.717, 1.165) is 36.2 Å². The van der Waals surface area contributed by atoms with E-state index in [9.17, 15) is 0 Å². The zero-order valence-corrected chi connectivity index (χ0v) is 13.0. The third-order valence-corrected chi connectivity index (χ3v) is 4.91. The summed E-state index contributed by atoms with van der Waals surface area (Å²) in [5.74, 6) is 0. The fourth-order valence-corrected chi connectivity index (χ4v) is 3.52. The molecule has 0 bridgehead atoms. The highest BCUT2D eigenvalue weighted by Crippen LogP contribution is 2.29. The van der Waals surface area contributed by atoms with Gasteiger partial charge in [-0.05, 0) is 38.1 Å². The number of nitrogens with two attached hydrogens (primary N) is 2. The predicted molar refractivity (Wildman–Crippen MR) is 89.6 cm³/mol. The van der Waals surface area contributed by atoms with Gasteiger partial charge in [0.1, 0.15) is 0 Å². The molecule has 4 N–H and O–H groups in total. The molecular weight excluding hydrogens is 262 g/mol. The maximum Gasteiger partial charge on any atom is 0.0601 e. The van der Waals surface area contributed by atoms with Crippen LogP contribution in [0.3, 0.4) is 0 Å². The Morgan fingerprint density at radius 1 is 0.952 bits per heavy atom. The van der Waals surface area contributed by atoms with Gasteiger partial charge in [0.25, 0.3) is 0 Å². The van der Waals surface area contributed by atoms with Crippen LogP contribution in [0.15, 0.2) is 18.2 Å². The van der Waals surface area contributed by atoms with E-state index < -0.39 is 0 Å². The molecule has 0 aliphatic carbocycles. The van der Waals surface area contributed by atoms with E-state index >= 15 is 0 Å². The first-order valence-corrected chi connectivity index (χ1v) is 7.96. The van der Waals surface area contributed by atoms with Crippen LogP contribution >= 0.6 is 0 Å². The molecule has 0 spiro atoms. The van der Waals surface area contributed by atoms with Gasteiger partial charge in [-0.25, -0.2) is 0 Å². The summed E-state index contributed by atoms with van der Waals surface area (Å²) in [6.07, 6.45) is 2.46. The van der Waals surface area contributed by atoms with Crippen molar-refractivity contribution >= 4 is 17.1 Å². The molecule has 0 radical (unpaired) electrons. The average Bonchev–Trinajstić information content (AvgIpc) is 2.48. The normalized spacial score (nSPS) is 22.6. The summed E-state index contributed by atoms with van der Waals surface area (Å²) in [6, 6.07) is 6.60. The van der Waals surface area contributed by atoms with Crippen molar-refractivity contribution in [3.05, 3.63) is 18.2 Å². The van der Waals surface area contributed by atoms with Crippen molar-refractivity contribution in [2.75, 3.05) is 62.7 Å². The van der Waals surface area contributed by atoms with E-state index in [1.54, 1.807) is 0 Å². The number of piperazine rings is 1. The molecule has 5 heteroatoms. The first kappa shape index (κ1) is 14.5. The number of anilines is 3. The van der Waals surface area contributed by atoms with Gasteiger partial charge in [0.05, 0.1) is 11.4 Å². The molecule has 2 aliphatic heterocycles. The van der Waals surface area contributed by atoms with E-state index in [4.69, 9.17) is 11.5 Å². The number of piperidine rings is 1. The Hall–Kier alpha value is -1.46. The highest BCUT2D eigenvalue weighted by molar-refractivity contribution is 5.72. The molecule has 0 aromatic heterocycles. The van der Waals surface area contributed by atoms with E-state index in [0.29, 0.717) is 0 Å². The summed E-state index contributed by atoms with van der Waals surface area (Å²) >= 11 is 0. The lowest BCUT2D eigenvalue weighted by Gasteiger charge is -2.42. The zero-order chi connectivity index (χ0) is 14.8. The van der Waals surface area contributed by atoms with Gasteiger partial charge in [-0.1, -0.05) is 0 Å². The Bertz CT molecular complexity index is 474. The number of hydrogen-bond acceptors (Lipinski definition) is 5. The van der Waals surface area contributed by atoms with Crippen molar-refractivity contribution in [1.82, 2.24) is 9.80 Å². The van der Waals surface area contributed by atoms with E-state index in [-0.39, 0.29) is 0 Å².